The molecular formula is C5H9O5P. The summed E-state index contributed by atoms with van der Waals surface area (Å²) in [6, 6.07) is 0. The standard InChI is InChI=1S/C5H9O5P/c6-3-1-2-4-10-5-11(7,8)9/h1H,2,4-5H2,(H2,7,8,9). The SMILES string of the molecule is O=C=CCCOCP(=O)(O)O. The smallest absolute Gasteiger partial charge is 0.350 e. The molecule has 11 heavy (non-hydrogen) atoms. The minimum atomic E-state index is -4.05. The monoisotopic (exact) mass is 180 g/mol. The highest BCUT2D eigenvalue weighted by Gasteiger charge is 2.11. The zero-order valence-corrected chi connectivity index (χ0v) is 6.66. The molecule has 0 aromatic heterocycles. The van der Waals surface area contributed by atoms with Gasteiger partial charge in [-0.15, -0.1) is 0 Å². The molecule has 2 N–H and O–H groups in total. The van der Waals surface area contributed by atoms with Gasteiger partial charge in [-0.05, 0) is 6.42 Å². The highest BCUT2D eigenvalue weighted by atomic mass is 31.2. The Kier molecular flexibility index (Phi) is 5.03. The second-order valence-corrected chi connectivity index (χ2v) is 3.40. The van der Waals surface area contributed by atoms with Gasteiger partial charge < -0.3 is 14.5 Å². The molecule has 6 heteroatoms. The summed E-state index contributed by atoms with van der Waals surface area (Å²) in [7, 11) is -4.05. The second-order valence-electron chi connectivity index (χ2n) is 1.81. The van der Waals surface area contributed by atoms with Crippen molar-refractivity contribution in [3.8, 4) is 0 Å². The summed E-state index contributed by atoms with van der Waals surface area (Å²) in [4.78, 5) is 26.1. The van der Waals surface area contributed by atoms with Crippen LogP contribution >= 0.6 is 7.60 Å². The van der Waals surface area contributed by atoms with Crippen LogP contribution in [0.15, 0.2) is 6.08 Å². The number of ether oxygens (including phenoxy) is 1. The van der Waals surface area contributed by atoms with E-state index in [2.05, 4.69) is 4.74 Å². The van der Waals surface area contributed by atoms with Gasteiger partial charge in [0, 0.05) is 6.08 Å². The molecule has 0 saturated heterocycles. The first-order chi connectivity index (χ1) is 5.06. The largest absolute Gasteiger partial charge is 0.368 e. The van der Waals surface area contributed by atoms with Crippen LogP contribution in [0, 0.1) is 0 Å². The van der Waals surface area contributed by atoms with E-state index in [4.69, 9.17) is 9.79 Å². The number of hydrogen-bond acceptors (Lipinski definition) is 3. The zero-order valence-electron chi connectivity index (χ0n) is 5.77. The van der Waals surface area contributed by atoms with Crippen LogP contribution < -0.4 is 0 Å². The van der Waals surface area contributed by atoms with Gasteiger partial charge in [0.1, 0.15) is 12.3 Å². The van der Waals surface area contributed by atoms with Gasteiger partial charge >= 0.3 is 7.60 Å². The molecule has 64 valence electrons. The number of carbonyl (C=O) groups excluding carboxylic acids is 1. The lowest BCUT2D eigenvalue weighted by Gasteiger charge is -2.02. The fraction of sp³-hybridized carbons (Fsp3) is 0.600. The minimum absolute atomic E-state index is 0.125. The lowest BCUT2D eigenvalue weighted by atomic mass is 10.5. The quantitative estimate of drug-likeness (QED) is 0.351. The average molecular weight is 180 g/mol. The van der Waals surface area contributed by atoms with Crippen LogP contribution in [0.3, 0.4) is 0 Å². The summed E-state index contributed by atoms with van der Waals surface area (Å²) in [5.41, 5.74) is 0. The summed E-state index contributed by atoms with van der Waals surface area (Å²) in [5.74, 6) is 1.52. The normalized spacial score (nSPS) is 10.7. The lowest BCUT2D eigenvalue weighted by molar-refractivity contribution is 0.162. The molecule has 0 amide bonds. The van der Waals surface area contributed by atoms with E-state index in [0.717, 1.165) is 0 Å². The Morgan fingerprint density at radius 2 is 2.18 bits per heavy atom. The van der Waals surface area contributed by atoms with Crippen LogP contribution in [0.2, 0.25) is 0 Å². The van der Waals surface area contributed by atoms with Crippen LogP contribution in [-0.2, 0) is 14.1 Å². The predicted octanol–water partition coefficient (Wildman–Crippen LogP) is -0.0839. The Labute approximate surface area is 63.8 Å². The fourth-order valence-electron chi connectivity index (χ4n) is 0.385. The highest BCUT2D eigenvalue weighted by molar-refractivity contribution is 7.51. The summed E-state index contributed by atoms with van der Waals surface area (Å²) >= 11 is 0. The van der Waals surface area contributed by atoms with E-state index in [1.807, 2.05) is 0 Å². The second kappa shape index (κ2) is 5.24. The molecule has 0 saturated carbocycles. The van der Waals surface area contributed by atoms with Crippen molar-refractivity contribution in [1.82, 2.24) is 0 Å². The summed E-state index contributed by atoms with van der Waals surface area (Å²) in [6.07, 6.45) is 0.920. The van der Waals surface area contributed by atoms with Gasteiger partial charge in [-0.25, -0.2) is 4.79 Å². The third-order valence-electron chi connectivity index (χ3n) is 0.749. The maximum Gasteiger partial charge on any atom is 0.350 e. The average Bonchev–Trinajstić information content (AvgIpc) is 1.85. The van der Waals surface area contributed by atoms with E-state index in [9.17, 15) is 9.36 Å². The Balaban J connectivity index is 3.29. The van der Waals surface area contributed by atoms with Crippen LogP contribution in [0.5, 0.6) is 0 Å². The van der Waals surface area contributed by atoms with Crippen molar-refractivity contribution in [3.05, 3.63) is 6.08 Å². The van der Waals surface area contributed by atoms with Crippen LogP contribution in [-0.4, -0.2) is 28.7 Å². The first-order valence-electron chi connectivity index (χ1n) is 2.88. The fourth-order valence-corrected chi connectivity index (χ4v) is 0.752. The molecule has 5 nitrogen and oxygen atoms in total. The molecule has 0 aromatic carbocycles. The molecule has 0 aromatic rings. The van der Waals surface area contributed by atoms with Gasteiger partial charge in [0.2, 0.25) is 0 Å². The minimum Gasteiger partial charge on any atom is -0.368 e. The van der Waals surface area contributed by atoms with Crippen molar-refractivity contribution in [3.63, 3.8) is 0 Å². The molecule has 0 bridgehead atoms. The molecule has 0 unspecified atom stereocenters. The summed E-state index contributed by atoms with van der Waals surface area (Å²) in [5, 5.41) is 0. The Hall–Kier alpha value is -0.440. The van der Waals surface area contributed by atoms with Gasteiger partial charge in [-0.1, -0.05) is 0 Å². The third kappa shape index (κ3) is 9.56. The molecule has 0 radical (unpaired) electrons. The molecule has 0 fully saturated rings. The van der Waals surface area contributed by atoms with E-state index >= 15 is 0 Å². The number of hydrogen-bond donors (Lipinski definition) is 2. The van der Waals surface area contributed by atoms with Gasteiger partial charge in [0.15, 0.2) is 0 Å². The van der Waals surface area contributed by atoms with Gasteiger partial charge in [0.05, 0.1) is 6.61 Å². The number of rotatable bonds is 5. The lowest BCUT2D eigenvalue weighted by Crippen LogP contribution is -1.96. The van der Waals surface area contributed by atoms with Crippen molar-refractivity contribution in [2.75, 3.05) is 13.0 Å². The van der Waals surface area contributed by atoms with Gasteiger partial charge in [-0.2, -0.15) is 0 Å². The van der Waals surface area contributed by atoms with Crippen molar-refractivity contribution in [2.24, 2.45) is 0 Å². The van der Waals surface area contributed by atoms with Crippen LogP contribution in [0.4, 0.5) is 0 Å². The Morgan fingerprint density at radius 3 is 2.64 bits per heavy atom. The topological polar surface area (TPSA) is 83.8 Å². The van der Waals surface area contributed by atoms with E-state index < -0.39 is 13.9 Å². The van der Waals surface area contributed by atoms with Crippen molar-refractivity contribution in [2.45, 2.75) is 6.42 Å². The Morgan fingerprint density at radius 1 is 1.55 bits per heavy atom. The maximum atomic E-state index is 10.1. The first-order valence-corrected chi connectivity index (χ1v) is 4.67. The van der Waals surface area contributed by atoms with Crippen molar-refractivity contribution < 1.29 is 23.9 Å². The van der Waals surface area contributed by atoms with Crippen molar-refractivity contribution in [1.29, 1.82) is 0 Å². The van der Waals surface area contributed by atoms with Crippen LogP contribution in [0.1, 0.15) is 6.42 Å². The predicted molar refractivity (Wildman–Crippen MR) is 37.7 cm³/mol. The van der Waals surface area contributed by atoms with Crippen molar-refractivity contribution >= 4 is 13.5 Å². The third-order valence-corrected chi connectivity index (χ3v) is 1.27. The van der Waals surface area contributed by atoms with Gasteiger partial charge in [0.25, 0.3) is 0 Å². The van der Waals surface area contributed by atoms with E-state index in [-0.39, 0.29) is 6.61 Å². The first kappa shape index (κ1) is 10.6. The highest BCUT2D eigenvalue weighted by Crippen LogP contribution is 2.33. The molecular weight excluding hydrogens is 171 g/mol. The molecule has 0 spiro atoms. The maximum absolute atomic E-state index is 10.1. The molecule has 0 rings (SSSR count). The summed E-state index contributed by atoms with van der Waals surface area (Å²) < 4.78 is 14.7. The van der Waals surface area contributed by atoms with E-state index in [1.54, 1.807) is 0 Å². The molecule has 0 atom stereocenters. The summed E-state index contributed by atoms with van der Waals surface area (Å²) in [6.45, 7) is 0.125. The molecule has 0 aliphatic rings. The molecule has 0 aliphatic heterocycles. The van der Waals surface area contributed by atoms with E-state index in [1.165, 1.54) is 12.0 Å². The van der Waals surface area contributed by atoms with Gasteiger partial charge in [-0.3, -0.25) is 4.57 Å². The van der Waals surface area contributed by atoms with E-state index in [0.29, 0.717) is 6.42 Å². The van der Waals surface area contributed by atoms with Crippen LogP contribution in [0.25, 0.3) is 0 Å². The molecule has 0 aliphatic carbocycles. The molecule has 0 heterocycles. The Bertz CT molecular complexity index is 189. The zero-order chi connectivity index (χ0) is 8.74.